The number of thiocarbonyl (C=S) groups is 1. The summed E-state index contributed by atoms with van der Waals surface area (Å²) in [5.74, 6) is 0. The summed E-state index contributed by atoms with van der Waals surface area (Å²) in [6.07, 6.45) is 3.73. The summed E-state index contributed by atoms with van der Waals surface area (Å²) in [7, 11) is 0. The molecule has 5 heteroatoms. The summed E-state index contributed by atoms with van der Waals surface area (Å²) in [5.41, 5.74) is 3.10. The first kappa shape index (κ1) is 16.3. The van der Waals surface area contributed by atoms with Gasteiger partial charge in [-0.05, 0) is 47.4 Å². The van der Waals surface area contributed by atoms with E-state index in [1.165, 1.54) is 5.39 Å². The lowest BCUT2D eigenvalue weighted by Gasteiger charge is -2.13. The molecule has 0 spiro atoms. The standard InChI is InChI=1S/C21H18N4S/c26-21(24-20-11-4-8-17-7-1-2-10-19(17)20)23-18-9-3-6-16(14-18)15-25-13-5-12-22-25/h1-14H,15H2,(H2,23,24,26). The maximum Gasteiger partial charge on any atom is 0.175 e. The van der Waals surface area contributed by atoms with Gasteiger partial charge in [-0.25, -0.2) is 0 Å². The highest BCUT2D eigenvalue weighted by atomic mass is 32.1. The minimum Gasteiger partial charge on any atom is -0.332 e. The minimum absolute atomic E-state index is 0.567. The van der Waals surface area contributed by atoms with Crippen LogP contribution >= 0.6 is 12.2 Å². The van der Waals surface area contributed by atoms with Gasteiger partial charge in [0.2, 0.25) is 0 Å². The Labute approximate surface area is 157 Å². The van der Waals surface area contributed by atoms with Crippen molar-refractivity contribution in [1.29, 1.82) is 0 Å². The lowest BCUT2D eigenvalue weighted by Crippen LogP contribution is -2.19. The molecular weight excluding hydrogens is 340 g/mol. The Balaban J connectivity index is 1.48. The van der Waals surface area contributed by atoms with E-state index in [1.54, 1.807) is 6.20 Å². The largest absolute Gasteiger partial charge is 0.332 e. The molecule has 1 heterocycles. The maximum absolute atomic E-state index is 5.50. The Morgan fingerprint density at radius 3 is 2.65 bits per heavy atom. The Hall–Kier alpha value is -3.18. The number of aromatic nitrogens is 2. The van der Waals surface area contributed by atoms with Crippen LogP contribution in [-0.2, 0) is 6.54 Å². The summed E-state index contributed by atoms with van der Waals surface area (Å²) in [6.45, 7) is 0.728. The van der Waals surface area contributed by atoms with E-state index in [-0.39, 0.29) is 0 Å². The Morgan fingerprint density at radius 2 is 1.77 bits per heavy atom. The zero-order valence-corrected chi connectivity index (χ0v) is 14.9. The second kappa shape index (κ2) is 7.37. The average Bonchev–Trinajstić information content (AvgIpc) is 3.15. The molecule has 2 N–H and O–H groups in total. The highest BCUT2D eigenvalue weighted by Crippen LogP contribution is 2.23. The molecule has 0 aliphatic carbocycles. The lowest BCUT2D eigenvalue weighted by molar-refractivity contribution is 0.687. The first-order valence-corrected chi connectivity index (χ1v) is 8.81. The maximum atomic E-state index is 5.50. The van der Waals surface area contributed by atoms with Gasteiger partial charge in [-0.15, -0.1) is 0 Å². The fraction of sp³-hybridized carbons (Fsp3) is 0.0476. The Kier molecular flexibility index (Phi) is 4.62. The number of hydrogen-bond donors (Lipinski definition) is 2. The number of nitrogens with zero attached hydrogens (tertiary/aromatic N) is 2. The molecule has 0 atom stereocenters. The second-order valence-corrected chi connectivity index (χ2v) is 6.42. The van der Waals surface area contributed by atoms with Gasteiger partial charge in [0.05, 0.1) is 6.54 Å². The van der Waals surface area contributed by atoms with Crippen molar-refractivity contribution in [3.8, 4) is 0 Å². The monoisotopic (exact) mass is 358 g/mol. The molecule has 0 aliphatic heterocycles. The molecule has 1 aromatic heterocycles. The van der Waals surface area contributed by atoms with Crippen molar-refractivity contribution in [2.45, 2.75) is 6.54 Å². The predicted molar refractivity (Wildman–Crippen MR) is 112 cm³/mol. The van der Waals surface area contributed by atoms with Gasteiger partial charge in [0.1, 0.15) is 0 Å². The first-order chi connectivity index (χ1) is 12.8. The summed E-state index contributed by atoms with van der Waals surface area (Å²) >= 11 is 5.50. The van der Waals surface area contributed by atoms with Crippen molar-refractivity contribution in [1.82, 2.24) is 9.78 Å². The SMILES string of the molecule is S=C(Nc1cccc(Cn2cccn2)c1)Nc1cccc2ccccc12. The third kappa shape index (κ3) is 3.73. The number of hydrogen-bond acceptors (Lipinski definition) is 2. The van der Waals surface area contributed by atoms with Gasteiger partial charge in [0, 0.05) is 29.2 Å². The normalized spacial score (nSPS) is 10.6. The van der Waals surface area contributed by atoms with Crippen molar-refractivity contribution in [2.75, 3.05) is 10.6 Å². The topological polar surface area (TPSA) is 41.9 Å². The summed E-state index contributed by atoms with van der Waals surface area (Å²) < 4.78 is 1.89. The van der Waals surface area contributed by atoms with Crippen molar-refractivity contribution in [3.63, 3.8) is 0 Å². The van der Waals surface area contributed by atoms with Crippen LogP contribution in [0.5, 0.6) is 0 Å². The third-order valence-corrected chi connectivity index (χ3v) is 4.33. The van der Waals surface area contributed by atoms with Crippen LogP contribution in [0.1, 0.15) is 5.56 Å². The smallest absolute Gasteiger partial charge is 0.175 e. The Morgan fingerprint density at radius 1 is 0.923 bits per heavy atom. The number of nitrogens with one attached hydrogen (secondary N) is 2. The van der Waals surface area contributed by atoms with Gasteiger partial charge < -0.3 is 10.6 Å². The third-order valence-electron chi connectivity index (χ3n) is 4.13. The van der Waals surface area contributed by atoms with E-state index in [0.717, 1.165) is 28.9 Å². The summed E-state index contributed by atoms with van der Waals surface area (Å²) in [6, 6.07) is 24.5. The predicted octanol–water partition coefficient (Wildman–Crippen LogP) is 4.89. The molecule has 4 aromatic rings. The van der Waals surface area contributed by atoms with E-state index in [4.69, 9.17) is 12.2 Å². The van der Waals surface area contributed by atoms with Gasteiger partial charge in [-0.2, -0.15) is 5.10 Å². The molecule has 0 saturated heterocycles. The van der Waals surface area contributed by atoms with Crippen LogP contribution in [-0.4, -0.2) is 14.9 Å². The van der Waals surface area contributed by atoms with Crippen LogP contribution in [0.2, 0.25) is 0 Å². The zero-order valence-electron chi connectivity index (χ0n) is 14.1. The molecule has 4 nitrogen and oxygen atoms in total. The fourth-order valence-corrected chi connectivity index (χ4v) is 3.18. The van der Waals surface area contributed by atoms with E-state index >= 15 is 0 Å². The quantitative estimate of drug-likeness (QED) is 0.510. The van der Waals surface area contributed by atoms with Gasteiger partial charge in [0.25, 0.3) is 0 Å². The molecule has 128 valence electrons. The zero-order chi connectivity index (χ0) is 17.8. The van der Waals surface area contributed by atoms with E-state index in [0.29, 0.717) is 5.11 Å². The first-order valence-electron chi connectivity index (χ1n) is 8.40. The lowest BCUT2D eigenvalue weighted by atomic mass is 10.1. The molecule has 0 unspecified atom stereocenters. The number of benzene rings is 3. The molecule has 4 rings (SSSR count). The van der Waals surface area contributed by atoms with E-state index in [1.807, 2.05) is 53.3 Å². The molecule has 0 bridgehead atoms. The molecule has 0 fully saturated rings. The molecule has 0 amide bonds. The van der Waals surface area contributed by atoms with Crippen LogP contribution in [0.15, 0.2) is 85.2 Å². The average molecular weight is 358 g/mol. The molecule has 26 heavy (non-hydrogen) atoms. The minimum atomic E-state index is 0.567. The second-order valence-electron chi connectivity index (χ2n) is 6.01. The van der Waals surface area contributed by atoms with Gasteiger partial charge in [-0.1, -0.05) is 48.5 Å². The van der Waals surface area contributed by atoms with Crippen molar-refractivity contribution < 1.29 is 0 Å². The van der Waals surface area contributed by atoms with Crippen molar-refractivity contribution >= 4 is 39.5 Å². The van der Waals surface area contributed by atoms with Gasteiger partial charge >= 0.3 is 0 Å². The van der Waals surface area contributed by atoms with Crippen LogP contribution in [0.25, 0.3) is 10.8 Å². The van der Waals surface area contributed by atoms with Crippen LogP contribution in [0.4, 0.5) is 11.4 Å². The number of fused-ring (bicyclic) bond motifs is 1. The molecule has 0 aliphatic rings. The van der Waals surface area contributed by atoms with E-state index < -0.39 is 0 Å². The summed E-state index contributed by atoms with van der Waals surface area (Å²) in [4.78, 5) is 0. The van der Waals surface area contributed by atoms with Crippen LogP contribution in [0.3, 0.4) is 0 Å². The highest BCUT2D eigenvalue weighted by molar-refractivity contribution is 7.80. The van der Waals surface area contributed by atoms with Crippen LogP contribution in [0, 0.1) is 0 Å². The molecule has 0 radical (unpaired) electrons. The van der Waals surface area contributed by atoms with Crippen LogP contribution < -0.4 is 10.6 Å². The van der Waals surface area contributed by atoms with Crippen molar-refractivity contribution in [2.24, 2.45) is 0 Å². The summed E-state index contributed by atoms with van der Waals surface area (Å²) in [5, 5.41) is 13.7. The molecule has 3 aromatic carbocycles. The molecular formula is C21H18N4S. The van der Waals surface area contributed by atoms with E-state index in [9.17, 15) is 0 Å². The number of rotatable bonds is 4. The fourth-order valence-electron chi connectivity index (χ4n) is 2.95. The molecule has 0 saturated carbocycles. The van der Waals surface area contributed by atoms with Gasteiger partial charge in [0.15, 0.2) is 5.11 Å². The van der Waals surface area contributed by atoms with Crippen molar-refractivity contribution in [3.05, 3.63) is 90.8 Å². The van der Waals surface area contributed by atoms with Gasteiger partial charge in [-0.3, -0.25) is 4.68 Å². The van der Waals surface area contributed by atoms with E-state index in [2.05, 4.69) is 46.1 Å². The highest BCUT2D eigenvalue weighted by Gasteiger charge is 2.04. The number of anilines is 2. The Bertz CT molecular complexity index is 1040.